The third kappa shape index (κ3) is 0.827. The highest BCUT2D eigenvalue weighted by molar-refractivity contribution is 5.86. The first kappa shape index (κ1) is 8.92. The molecule has 0 aromatic heterocycles. The predicted octanol–water partition coefficient (Wildman–Crippen LogP) is 0.993. The van der Waals surface area contributed by atoms with Gasteiger partial charge in [-0.2, -0.15) is 0 Å². The third-order valence-corrected chi connectivity index (χ3v) is 3.68. The summed E-state index contributed by atoms with van der Waals surface area (Å²) in [6, 6.07) is 7.55. The van der Waals surface area contributed by atoms with Crippen molar-refractivity contribution < 1.29 is 14.6 Å². The number of rotatable bonds is 0. The number of fused-ring (bicyclic) bond motifs is 3. The van der Waals surface area contributed by atoms with Gasteiger partial charge in [0, 0.05) is 5.41 Å². The molecule has 3 rings (SSSR count). The molecular formula is C12H12O3. The first-order valence-electron chi connectivity index (χ1n) is 5.06. The smallest absolute Gasteiger partial charge is 0.343 e. The summed E-state index contributed by atoms with van der Waals surface area (Å²) >= 11 is 0. The summed E-state index contributed by atoms with van der Waals surface area (Å²) < 4.78 is 4.99. The summed E-state index contributed by atoms with van der Waals surface area (Å²) in [6.07, 6.45) is 0.700. The van der Waals surface area contributed by atoms with E-state index in [1.54, 1.807) is 0 Å². The molecule has 1 N–H and O–H groups in total. The van der Waals surface area contributed by atoms with Crippen LogP contribution in [0.1, 0.15) is 18.1 Å². The van der Waals surface area contributed by atoms with E-state index in [1.165, 1.54) is 0 Å². The molecule has 1 saturated heterocycles. The number of ether oxygens (including phenoxy) is 1. The Hall–Kier alpha value is -1.35. The highest BCUT2D eigenvalue weighted by Gasteiger charge is 2.64. The molecule has 1 aromatic carbocycles. The van der Waals surface area contributed by atoms with Gasteiger partial charge >= 0.3 is 5.97 Å². The molecule has 1 fully saturated rings. The van der Waals surface area contributed by atoms with Gasteiger partial charge in [-0.25, -0.2) is 4.79 Å². The highest BCUT2D eigenvalue weighted by Crippen LogP contribution is 2.54. The maximum atomic E-state index is 11.7. The first-order chi connectivity index (χ1) is 7.08. The van der Waals surface area contributed by atoms with Crippen molar-refractivity contribution in [3.05, 3.63) is 35.4 Å². The standard InChI is InChI=1S/C12H12O3/c1-11-6-8-4-2-3-5-9(8)12(11,14)10(13)15-7-11/h2-5,14H,6-7H2,1H3. The third-order valence-electron chi connectivity index (χ3n) is 3.68. The lowest BCUT2D eigenvalue weighted by atomic mass is 9.76. The van der Waals surface area contributed by atoms with Crippen LogP contribution in [0.25, 0.3) is 0 Å². The van der Waals surface area contributed by atoms with Crippen LogP contribution >= 0.6 is 0 Å². The molecule has 1 aliphatic heterocycles. The largest absolute Gasteiger partial charge is 0.463 e. The molecule has 2 atom stereocenters. The lowest BCUT2D eigenvalue weighted by Crippen LogP contribution is -2.41. The minimum absolute atomic E-state index is 0.303. The van der Waals surface area contributed by atoms with E-state index in [1.807, 2.05) is 31.2 Å². The van der Waals surface area contributed by atoms with Gasteiger partial charge in [-0.05, 0) is 17.5 Å². The summed E-state index contributed by atoms with van der Waals surface area (Å²) in [5, 5.41) is 10.5. The van der Waals surface area contributed by atoms with E-state index in [0.29, 0.717) is 13.0 Å². The van der Waals surface area contributed by atoms with Crippen molar-refractivity contribution in [1.82, 2.24) is 0 Å². The molecule has 78 valence electrons. The molecule has 3 heteroatoms. The lowest BCUT2D eigenvalue weighted by molar-refractivity contribution is -0.156. The Morgan fingerprint density at radius 2 is 2.13 bits per heavy atom. The zero-order valence-corrected chi connectivity index (χ0v) is 8.49. The molecule has 1 aromatic rings. The summed E-state index contributed by atoms with van der Waals surface area (Å²) in [7, 11) is 0. The number of hydrogen-bond acceptors (Lipinski definition) is 3. The fraction of sp³-hybridized carbons (Fsp3) is 0.417. The predicted molar refractivity (Wildman–Crippen MR) is 53.1 cm³/mol. The monoisotopic (exact) mass is 204 g/mol. The fourth-order valence-corrected chi connectivity index (χ4v) is 2.74. The molecule has 3 nitrogen and oxygen atoms in total. The first-order valence-corrected chi connectivity index (χ1v) is 5.06. The Morgan fingerprint density at radius 3 is 2.93 bits per heavy atom. The van der Waals surface area contributed by atoms with E-state index < -0.39 is 17.0 Å². The SMILES string of the molecule is CC12COC(=O)C1(O)c1ccccc1C2. The van der Waals surface area contributed by atoms with E-state index in [0.717, 1.165) is 11.1 Å². The fourth-order valence-electron chi connectivity index (χ4n) is 2.74. The Balaban J connectivity index is 2.28. The minimum atomic E-state index is -1.43. The number of carbonyl (C=O) groups excluding carboxylic acids is 1. The van der Waals surface area contributed by atoms with Crippen molar-refractivity contribution >= 4 is 5.97 Å². The van der Waals surface area contributed by atoms with Crippen LogP contribution < -0.4 is 0 Å². The number of cyclic esters (lactones) is 1. The van der Waals surface area contributed by atoms with Crippen molar-refractivity contribution in [2.45, 2.75) is 18.9 Å². The van der Waals surface area contributed by atoms with Crippen molar-refractivity contribution in [3.63, 3.8) is 0 Å². The molecule has 1 heterocycles. The van der Waals surface area contributed by atoms with Crippen LogP contribution in [0.15, 0.2) is 24.3 Å². The molecule has 0 spiro atoms. The average molecular weight is 204 g/mol. The number of aliphatic hydroxyl groups is 1. The zero-order chi connectivity index (χ0) is 10.7. The van der Waals surface area contributed by atoms with Crippen LogP contribution in [0.2, 0.25) is 0 Å². The molecular weight excluding hydrogens is 192 g/mol. The number of esters is 1. The summed E-state index contributed by atoms with van der Waals surface area (Å²) in [5.74, 6) is -0.505. The van der Waals surface area contributed by atoms with Crippen molar-refractivity contribution in [2.24, 2.45) is 5.41 Å². The van der Waals surface area contributed by atoms with Crippen LogP contribution in [0.3, 0.4) is 0 Å². The van der Waals surface area contributed by atoms with Crippen LogP contribution in [-0.2, 0) is 21.6 Å². The topological polar surface area (TPSA) is 46.5 Å². The van der Waals surface area contributed by atoms with Crippen LogP contribution in [0.5, 0.6) is 0 Å². The Bertz CT molecular complexity index is 454. The van der Waals surface area contributed by atoms with Gasteiger partial charge in [0.25, 0.3) is 0 Å². The maximum Gasteiger partial charge on any atom is 0.343 e. The van der Waals surface area contributed by atoms with Gasteiger partial charge in [0.05, 0.1) is 0 Å². The van der Waals surface area contributed by atoms with Crippen molar-refractivity contribution in [1.29, 1.82) is 0 Å². The lowest BCUT2D eigenvalue weighted by Gasteiger charge is -2.27. The molecule has 0 radical (unpaired) electrons. The van der Waals surface area contributed by atoms with E-state index in [2.05, 4.69) is 0 Å². The molecule has 0 amide bonds. The quantitative estimate of drug-likeness (QED) is 0.641. The normalized spacial score (nSPS) is 37.3. The van der Waals surface area contributed by atoms with Crippen LogP contribution in [0, 0.1) is 5.41 Å². The summed E-state index contributed by atoms with van der Waals surface area (Å²) in [5.41, 5.74) is -0.147. The van der Waals surface area contributed by atoms with Gasteiger partial charge in [0.2, 0.25) is 0 Å². The Kier molecular flexibility index (Phi) is 1.44. The van der Waals surface area contributed by atoms with Crippen LogP contribution in [-0.4, -0.2) is 17.7 Å². The van der Waals surface area contributed by atoms with Gasteiger partial charge in [0.1, 0.15) is 6.61 Å². The summed E-state index contributed by atoms with van der Waals surface area (Å²) in [6.45, 7) is 2.20. The number of carbonyl (C=O) groups is 1. The summed E-state index contributed by atoms with van der Waals surface area (Å²) in [4.78, 5) is 11.7. The molecule has 2 aliphatic rings. The number of hydrogen-bond donors (Lipinski definition) is 1. The molecule has 15 heavy (non-hydrogen) atoms. The molecule has 0 bridgehead atoms. The molecule has 1 aliphatic carbocycles. The van der Waals surface area contributed by atoms with Gasteiger partial charge in [-0.15, -0.1) is 0 Å². The van der Waals surface area contributed by atoms with E-state index in [-0.39, 0.29) is 0 Å². The molecule has 0 saturated carbocycles. The van der Waals surface area contributed by atoms with Crippen molar-refractivity contribution in [3.8, 4) is 0 Å². The van der Waals surface area contributed by atoms with Gasteiger partial charge in [-0.1, -0.05) is 31.2 Å². The second kappa shape index (κ2) is 2.42. The Morgan fingerprint density at radius 1 is 1.40 bits per heavy atom. The minimum Gasteiger partial charge on any atom is -0.463 e. The second-order valence-corrected chi connectivity index (χ2v) is 4.68. The number of benzene rings is 1. The highest BCUT2D eigenvalue weighted by atomic mass is 16.6. The zero-order valence-electron chi connectivity index (χ0n) is 8.49. The maximum absolute atomic E-state index is 11.7. The van der Waals surface area contributed by atoms with E-state index in [9.17, 15) is 9.90 Å². The van der Waals surface area contributed by atoms with Crippen LogP contribution in [0.4, 0.5) is 0 Å². The molecule has 2 unspecified atom stereocenters. The van der Waals surface area contributed by atoms with E-state index >= 15 is 0 Å². The Labute approximate surface area is 87.7 Å². The second-order valence-electron chi connectivity index (χ2n) is 4.68. The van der Waals surface area contributed by atoms with E-state index in [4.69, 9.17) is 4.74 Å². The van der Waals surface area contributed by atoms with Gasteiger partial charge in [0.15, 0.2) is 5.60 Å². The van der Waals surface area contributed by atoms with Gasteiger partial charge < -0.3 is 9.84 Å². The van der Waals surface area contributed by atoms with Crippen molar-refractivity contribution in [2.75, 3.05) is 6.61 Å². The average Bonchev–Trinajstić information content (AvgIpc) is 2.58. The van der Waals surface area contributed by atoms with Gasteiger partial charge in [-0.3, -0.25) is 0 Å².